The number of hydrogen-bond acceptors (Lipinski definition) is 3. The van der Waals surface area contributed by atoms with Gasteiger partial charge < -0.3 is 4.74 Å². The van der Waals surface area contributed by atoms with E-state index in [9.17, 15) is 9.59 Å². The molecule has 130 valence electrons. The molecule has 26 heavy (non-hydrogen) atoms. The lowest BCUT2D eigenvalue weighted by atomic mass is 10.2. The highest BCUT2D eigenvalue weighted by molar-refractivity contribution is 7.27. The zero-order valence-electron chi connectivity index (χ0n) is 14.6. The summed E-state index contributed by atoms with van der Waals surface area (Å²) in [6.07, 6.45) is 0. The summed E-state index contributed by atoms with van der Waals surface area (Å²) in [5, 5.41) is 1.35. The van der Waals surface area contributed by atoms with Gasteiger partial charge in [0.2, 0.25) is 13.5 Å². The van der Waals surface area contributed by atoms with E-state index in [-0.39, 0.29) is 6.61 Å². The zero-order chi connectivity index (χ0) is 18.4. The third-order valence-electron chi connectivity index (χ3n) is 4.55. The van der Waals surface area contributed by atoms with Gasteiger partial charge in [0, 0.05) is 0 Å². The molecule has 0 N–H and O–H groups in total. The molecular formula is C22H20O3Si. The smallest absolute Gasteiger partial charge is 0.370 e. The van der Waals surface area contributed by atoms with Gasteiger partial charge in [-0.3, -0.25) is 4.79 Å². The summed E-state index contributed by atoms with van der Waals surface area (Å²) in [6.45, 7) is 2.00. The van der Waals surface area contributed by atoms with Crippen LogP contribution in [0.25, 0.3) is 0 Å². The quantitative estimate of drug-likeness (QED) is 0.386. The minimum atomic E-state index is -2.92. The van der Waals surface area contributed by atoms with Crippen LogP contribution in [0.2, 0.25) is 6.55 Å². The van der Waals surface area contributed by atoms with Crippen LogP contribution in [0.3, 0.4) is 0 Å². The van der Waals surface area contributed by atoms with Crippen LogP contribution in [0.5, 0.6) is 0 Å². The topological polar surface area (TPSA) is 43.4 Å². The van der Waals surface area contributed by atoms with E-state index < -0.39 is 19.4 Å². The molecule has 3 aromatic rings. The van der Waals surface area contributed by atoms with Gasteiger partial charge in [-0.2, -0.15) is 0 Å². The van der Waals surface area contributed by atoms with E-state index in [0.717, 1.165) is 15.9 Å². The molecule has 0 saturated carbocycles. The van der Waals surface area contributed by atoms with Gasteiger partial charge in [0.25, 0.3) is 0 Å². The molecule has 0 amide bonds. The molecule has 0 aliphatic heterocycles. The van der Waals surface area contributed by atoms with E-state index in [0.29, 0.717) is 0 Å². The van der Waals surface area contributed by atoms with Crippen molar-refractivity contribution in [1.29, 1.82) is 0 Å². The molecule has 0 spiro atoms. The van der Waals surface area contributed by atoms with Gasteiger partial charge in [0.1, 0.15) is 6.61 Å². The van der Waals surface area contributed by atoms with Crippen LogP contribution in [0.1, 0.15) is 5.56 Å². The summed E-state index contributed by atoms with van der Waals surface area (Å²) in [4.78, 5) is 25.7. The van der Waals surface area contributed by atoms with Gasteiger partial charge >= 0.3 is 5.97 Å². The van der Waals surface area contributed by atoms with E-state index >= 15 is 0 Å². The van der Waals surface area contributed by atoms with Crippen LogP contribution in [-0.2, 0) is 20.9 Å². The first-order valence-electron chi connectivity index (χ1n) is 8.49. The second-order valence-electron chi connectivity index (χ2n) is 6.25. The molecule has 0 fully saturated rings. The maximum atomic E-state index is 13.2. The number of hydrogen-bond donors (Lipinski definition) is 0. The van der Waals surface area contributed by atoms with Crippen LogP contribution in [0.4, 0.5) is 0 Å². The summed E-state index contributed by atoms with van der Waals surface area (Å²) in [7, 11) is -2.92. The first kappa shape index (κ1) is 17.8. The SMILES string of the molecule is C[Si](C(=O)C(=O)OCc1ccccc1)(c1ccccc1)c1ccccc1. The molecule has 0 aliphatic carbocycles. The predicted octanol–water partition coefficient (Wildman–Crippen LogP) is 2.73. The highest BCUT2D eigenvalue weighted by Gasteiger charge is 2.44. The van der Waals surface area contributed by atoms with Crippen molar-refractivity contribution >= 4 is 29.8 Å². The number of benzene rings is 3. The first-order valence-corrected chi connectivity index (χ1v) is 11.0. The van der Waals surface area contributed by atoms with Crippen LogP contribution >= 0.6 is 0 Å². The van der Waals surface area contributed by atoms with Gasteiger partial charge in [0.05, 0.1) is 0 Å². The van der Waals surface area contributed by atoms with Crippen molar-refractivity contribution in [3.63, 3.8) is 0 Å². The van der Waals surface area contributed by atoms with E-state index in [4.69, 9.17) is 4.74 Å². The van der Waals surface area contributed by atoms with E-state index in [1.165, 1.54) is 0 Å². The Morgan fingerprint density at radius 3 is 1.62 bits per heavy atom. The minimum Gasteiger partial charge on any atom is -0.455 e. The van der Waals surface area contributed by atoms with Gasteiger partial charge in [0.15, 0.2) is 0 Å². The van der Waals surface area contributed by atoms with Crippen molar-refractivity contribution in [2.45, 2.75) is 13.2 Å². The second-order valence-corrected chi connectivity index (χ2v) is 10.1. The highest BCUT2D eigenvalue weighted by atomic mass is 28.3. The molecule has 3 nitrogen and oxygen atoms in total. The largest absolute Gasteiger partial charge is 0.455 e. The molecule has 4 heteroatoms. The average Bonchev–Trinajstić information content (AvgIpc) is 2.73. The van der Waals surface area contributed by atoms with E-state index in [2.05, 4.69) is 0 Å². The van der Waals surface area contributed by atoms with Crippen molar-refractivity contribution in [3.05, 3.63) is 96.6 Å². The standard InChI is InChI=1S/C22H20O3Si/c1-26(19-13-7-3-8-14-19,20-15-9-4-10-16-20)22(24)21(23)25-17-18-11-5-2-6-12-18/h2-16H,17H2,1H3. The Morgan fingerprint density at radius 2 is 1.15 bits per heavy atom. The van der Waals surface area contributed by atoms with Crippen molar-refractivity contribution in [3.8, 4) is 0 Å². The van der Waals surface area contributed by atoms with Gasteiger partial charge in [-0.25, -0.2) is 4.79 Å². The number of esters is 1. The Labute approximate surface area is 154 Å². The zero-order valence-corrected chi connectivity index (χ0v) is 15.6. The normalized spacial score (nSPS) is 11.0. The van der Waals surface area contributed by atoms with Crippen LogP contribution in [-0.4, -0.2) is 19.4 Å². The van der Waals surface area contributed by atoms with E-state index in [1.54, 1.807) is 0 Å². The molecule has 0 atom stereocenters. The molecule has 0 saturated heterocycles. The summed E-state index contributed by atoms with van der Waals surface area (Å²) >= 11 is 0. The van der Waals surface area contributed by atoms with Crippen LogP contribution < -0.4 is 10.4 Å². The molecule has 0 radical (unpaired) electrons. The molecule has 0 heterocycles. The lowest BCUT2D eigenvalue weighted by molar-refractivity contribution is -0.151. The maximum Gasteiger partial charge on any atom is 0.370 e. The van der Waals surface area contributed by atoms with Crippen molar-refractivity contribution in [1.82, 2.24) is 0 Å². The maximum absolute atomic E-state index is 13.2. The number of rotatable bonds is 6. The van der Waals surface area contributed by atoms with Crippen molar-refractivity contribution in [2.75, 3.05) is 0 Å². The summed E-state index contributed by atoms with van der Waals surface area (Å²) < 4.78 is 5.33. The molecule has 0 unspecified atom stereocenters. The molecule has 0 bridgehead atoms. The van der Waals surface area contributed by atoms with E-state index in [1.807, 2.05) is 97.5 Å². The molecule has 0 aliphatic rings. The Hall–Kier alpha value is -2.98. The number of ether oxygens (including phenoxy) is 1. The number of carbonyl (C=O) groups is 2. The van der Waals surface area contributed by atoms with Crippen LogP contribution in [0.15, 0.2) is 91.0 Å². The fourth-order valence-electron chi connectivity index (χ4n) is 2.96. The third kappa shape index (κ3) is 3.65. The summed E-state index contributed by atoms with van der Waals surface area (Å²) in [5.41, 5.74) is 0.858. The highest BCUT2D eigenvalue weighted by Crippen LogP contribution is 2.10. The second kappa shape index (κ2) is 7.93. The molecule has 3 aromatic carbocycles. The van der Waals surface area contributed by atoms with Gasteiger partial charge in [-0.15, -0.1) is 0 Å². The lowest BCUT2D eigenvalue weighted by Crippen LogP contribution is -2.64. The fourth-order valence-corrected chi connectivity index (χ4v) is 6.02. The van der Waals surface area contributed by atoms with Gasteiger partial charge in [-0.05, 0) is 15.9 Å². The van der Waals surface area contributed by atoms with Crippen molar-refractivity contribution in [2.24, 2.45) is 0 Å². The van der Waals surface area contributed by atoms with Crippen molar-refractivity contribution < 1.29 is 14.3 Å². The van der Waals surface area contributed by atoms with Crippen LogP contribution in [0, 0.1) is 0 Å². The number of carbonyl (C=O) groups excluding carboxylic acids is 2. The summed E-state index contributed by atoms with van der Waals surface area (Å²) in [5.74, 6) is -0.768. The third-order valence-corrected chi connectivity index (χ3v) is 8.64. The Kier molecular flexibility index (Phi) is 5.44. The predicted molar refractivity (Wildman–Crippen MR) is 105 cm³/mol. The fraction of sp³-hybridized carbons (Fsp3) is 0.0909. The molecule has 0 aromatic heterocycles. The lowest BCUT2D eigenvalue weighted by Gasteiger charge is -2.25. The average molecular weight is 360 g/mol. The minimum absolute atomic E-state index is 0.0967. The Bertz CT molecular complexity index is 838. The molecule has 3 rings (SSSR count). The first-order chi connectivity index (χ1) is 12.6. The Morgan fingerprint density at radius 1 is 0.731 bits per heavy atom. The van der Waals surface area contributed by atoms with Gasteiger partial charge in [-0.1, -0.05) is 97.5 Å². The Balaban J connectivity index is 1.89. The molecular weight excluding hydrogens is 340 g/mol. The monoisotopic (exact) mass is 360 g/mol. The summed E-state index contributed by atoms with van der Waals surface area (Å²) in [6, 6.07) is 28.4.